The summed E-state index contributed by atoms with van der Waals surface area (Å²) in [4.78, 5) is 20.4. The molecule has 1 atom stereocenters. The van der Waals surface area contributed by atoms with Crippen molar-refractivity contribution in [2.45, 2.75) is 53.0 Å². The lowest BCUT2D eigenvalue weighted by Crippen LogP contribution is -2.31. The average Bonchev–Trinajstić information content (AvgIpc) is 3.09. The van der Waals surface area contributed by atoms with Gasteiger partial charge in [0.05, 0.1) is 23.2 Å². The Hall–Kier alpha value is -1.68. The van der Waals surface area contributed by atoms with Gasteiger partial charge >= 0.3 is 0 Å². The third kappa shape index (κ3) is 3.32. The second-order valence-corrected chi connectivity index (χ2v) is 7.79. The fraction of sp³-hybridized carbons (Fsp3) is 0.474. The summed E-state index contributed by atoms with van der Waals surface area (Å²) in [5.74, 6) is 0.234. The first-order valence-electron chi connectivity index (χ1n) is 8.25. The molecule has 0 bridgehead atoms. The van der Waals surface area contributed by atoms with E-state index in [2.05, 4.69) is 41.9 Å². The van der Waals surface area contributed by atoms with Crippen molar-refractivity contribution < 1.29 is 4.79 Å². The molecule has 122 valence electrons. The van der Waals surface area contributed by atoms with Gasteiger partial charge in [-0.2, -0.15) is 0 Å². The van der Waals surface area contributed by atoms with E-state index < -0.39 is 0 Å². The van der Waals surface area contributed by atoms with Crippen LogP contribution in [-0.2, 0) is 11.2 Å². The summed E-state index contributed by atoms with van der Waals surface area (Å²) in [5.41, 5.74) is 4.88. The summed E-state index contributed by atoms with van der Waals surface area (Å²) in [7, 11) is 0. The van der Waals surface area contributed by atoms with Crippen LogP contribution in [0.4, 0.5) is 0 Å². The van der Waals surface area contributed by atoms with Gasteiger partial charge in [-0.3, -0.25) is 4.79 Å². The Morgan fingerprint density at radius 1 is 1.26 bits per heavy atom. The van der Waals surface area contributed by atoms with Crippen LogP contribution in [0.1, 0.15) is 51.2 Å². The summed E-state index contributed by atoms with van der Waals surface area (Å²) >= 11 is 1.64. The highest BCUT2D eigenvalue weighted by molar-refractivity contribution is 7.11. The minimum absolute atomic E-state index is 0.233. The summed E-state index contributed by atoms with van der Waals surface area (Å²) in [6.45, 7) is 9.14. The van der Waals surface area contributed by atoms with E-state index in [0.29, 0.717) is 6.42 Å². The predicted molar refractivity (Wildman–Crippen MR) is 94.9 cm³/mol. The van der Waals surface area contributed by atoms with Gasteiger partial charge < -0.3 is 4.90 Å². The molecular weight excluding hydrogens is 304 g/mol. The molecular formula is C19H24N2OS. The first kappa shape index (κ1) is 16.2. The Morgan fingerprint density at radius 3 is 2.70 bits per heavy atom. The summed E-state index contributed by atoms with van der Waals surface area (Å²) < 4.78 is 0. The van der Waals surface area contributed by atoms with Gasteiger partial charge in [-0.15, -0.1) is 11.3 Å². The lowest BCUT2D eigenvalue weighted by molar-refractivity contribution is -0.131. The Labute approximate surface area is 142 Å². The third-order valence-corrected chi connectivity index (χ3v) is 5.87. The lowest BCUT2D eigenvalue weighted by Gasteiger charge is -2.25. The highest BCUT2D eigenvalue weighted by atomic mass is 32.1. The zero-order chi connectivity index (χ0) is 16.6. The Morgan fingerprint density at radius 2 is 2.04 bits per heavy atom. The van der Waals surface area contributed by atoms with Crippen molar-refractivity contribution in [3.8, 4) is 0 Å². The van der Waals surface area contributed by atoms with Crippen molar-refractivity contribution in [2.75, 3.05) is 6.54 Å². The zero-order valence-corrected chi connectivity index (χ0v) is 15.2. The molecule has 0 radical (unpaired) electrons. The van der Waals surface area contributed by atoms with E-state index in [0.717, 1.165) is 35.0 Å². The van der Waals surface area contributed by atoms with Crippen LogP contribution in [0, 0.1) is 27.7 Å². The molecule has 1 saturated heterocycles. The molecule has 1 aromatic heterocycles. The molecule has 3 rings (SSSR count). The topological polar surface area (TPSA) is 33.2 Å². The zero-order valence-electron chi connectivity index (χ0n) is 14.3. The van der Waals surface area contributed by atoms with Crippen molar-refractivity contribution >= 4 is 17.2 Å². The fourth-order valence-corrected chi connectivity index (χ4v) is 4.29. The van der Waals surface area contributed by atoms with Gasteiger partial charge in [0, 0.05) is 11.4 Å². The van der Waals surface area contributed by atoms with Gasteiger partial charge in [-0.1, -0.05) is 18.2 Å². The molecule has 23 heavy (non-hydrogen) atoms. The highest BCUT2D eigenvalue weighted by Gasteiger charge is 2.30. The maximum absolute atomic E-state index is 12.8. The molecule has 0 unspecified atom stereocenters. The van der Waals surface area contributed by atoms with Crippen molar-refractivity contribution in [1.29, 1.82) is 0 Å². The molecule has 1 aromatic carbocycles. The summed E-state index contributed by atoms with van der Waals surface area (Å²) in [6.07, 6.45) is 2.64. The van der Waals surface area contributed by atoms with E-state index in [4.69, 9.17) is 0 Å². The number of aryl methyl sites for hydroxylation is 4. The van der Waals surface area contributed by atoms with Crippen LogP contribution in [0.2, 0.25) is 0 Å². The van der Waals surface area contributed by atoms with Crippen molar-refractivity contribution in [2.24, 2.45) is 0 Å². The number of thiazole rings is 1. The molecule has 0 spiro atoms. The number of hydrogen-bond acceptors (Lipinski definition) is 3. The first-order chi connectivity index (χ1) is 11.0. The molecule has 0 N–H and O–H groups in total. The highest BCUT2D eigenvalue weighted by Crippen LogP contribution is 2.33. The van der Waals surface area contributed by atoms with Gasteiger partial charge in [0.25, 0.3) is 0 Å². The van der Waals surface area contributed by atoms with Gasteiger partial charge in [-0.05, 0) is 57.2 Å². The molecule has 1 amide bonds. The molecule has 1 aliphatic heterocycles. The number of carbonyl (C=O) groups is 1. The van der Waals surface area contributed by atoms with E-state index in [-0.39, 0.29) is 11.9 Å². The van der Waals surface area contributed by atoms with E-state index in [1.54, 1.807) is 11.3 Å². The number of carbonyl (C=O) groups excluding carboxylic acids is 1. The van der Waals surface area contributed by atoms with Crippen molar-refractivity contribution in [3.63, 3.8) is 0 Å². The van der Waals surface area contributed by atoms with Gasteiger partial charge in [-0.25, -0.2) is 4.98 Å². The molecule has 2 aromatic rings. The molecule has 1 aliphatic rings. The van der Waals surface area contributed by atoms with Crippen LogP contribution in [0.3, 0.4) is 0 Å². The van der Waals surface area contributed by atoms with E-state index >= 15 is 0 Å². The number of aromatic nitrogens is 1. The molecule has 4 heteroatoms. The molecule has 3 nitrogen and oxygen atoms in total. The normalized spacial score (nSPS) is 17.7. The van der Waals surface area contributed by atoms with Crippen molar-refractivity contribution in [1.82, 2.24) is 9.88 Å². The monoisotopic (exact) mass is 328 g/mol. The lowest BCUT2D eigenvalue weighted by atomic mass is 9.99. The second-order valence-electron chi connectivity index (χ2n) is 6.51. The average molecular weight is 328 g/mol. The van der Waals surface area contributed by atoms with Crippen LogP contribution < -0.4 is 0 Å². The van der Waals surface area contributed by atoms with Crippen LogP contribution in [0.25, 0.3) is 0 Å². The van der Waals surface area contributed by atoms with Gasteiger partial charge in [0.15, 0.2) is 0 Å². The fourth-order valence-electron chi connectivity index (χ4n) is 3.36. The van der Waals surface area contributed by atoms with Gasteiger partial charge in [0.2, 0.25) is 5.91 Å². The minimum Gasteiger partial charge on any atom is -0.335 e. The standard InChI is InChI=1S/C19H24N2OS/c1-12-7-8-16(10-13(12)2)17-6-5-9-21(17)19(22)11-18-14(3)20-15(4)23-18/h7-8,10,17H,5-6,9,11H2,1-4H3/t17-/m0/s1. The number of rotatable bonds is 3. The van der Waals surface area contributed by atoms with E-state index in [1.165, 1.54) is 16.7 Å². The Bertz CT molecular complexity index is 735. The molecule has 2 heterocycles. The second kappa shape index (κ2) is 6.44. The van der Waals surface area contributed by atoms with Gasteiger partial charge in [0.1, 0.15) is 0 Å². The van der Waals surface area contributed by atoms with Crippen LogP contribution in [0.15, 0.2) is 18.2 Å². The largest absolute Gasteiger partial charge is 0.335 e. The Kier molecular flexibility index (Phi) is 4.53. The minimum atomic E-state index is 0.233. The molecule has 0 aliphatic carbocycles. The van der Waals surface area contributed by atoms with Crippen molar-refractivity contribution in [3.05, 3.63) is 50.5 Å². The van der Waals surface area contributed by atoms with E-state index in [1.807, 2.05) is 13.8 Å². The smallest absolute Gasteiger partial charge is 0.228 e. The number of amides is 1. The summed E-state index contributed by atoms with van der Waals surface area (Å²) in [6, 6.07) is 6.83. The quantitative estimate of drug-likeness (QED) is 0.842. The SMILES string of the molecule is Cc1nc(C)c(CC(=O)N2CCC[C@H]2c2ccc(C)c(C)c2)s1. The maximum Gasteiger partial charge on any atom is 0.228 e. The maximum atomic E-state index is 12.8. The predicted octanol–water partition coefficient (Wildman–Crippen LogP) is 4.28. The van der Waals surface area contributed by atoms with Crippen LogP contribution in [0.5, 0.6) is 0 Å². The summed E-state index contributed by atoms with van der Waals surface area (Å²) in [5, 5.41) is 1.04. The third-order valence-electron chi connectivity index (χ3n) is 4.80. The van der Waals surface area contributed by atoms with Crippen LogP contribution >= 0.6 is 11.3 Å². The first-order valence-corrected chi connectivity index (χ1v) is 9.07. The number of nitrogens with zero attached hydrogens (tertiary/aromatic N) is 2. The van der Waals surface area contributed by atoms with E-state index in [9.17, 15) is 4.79 Å². The number of hydrogen-bond donors (Lipinski definition) is 0. The molecule has 0 saturated carbocycles. The number of likely N-dealkylation sites (tertiary alicyclic amines) is 1. The number of benzene rings is 1. The van der Waals surface area contributed by atoms with Crippen LogP contribution in [-0.4, -0.2) is 22.3 Å². The Balaban J connectivity index is 1.79. The molecule has 1 fully saturated rings.